The van der Waals surface area contributed by atoms with Crippen molar-refractivity contribution in [2.75, 3.05) is 46.4 Å². The van der Waals surface area contributed by atoms with Crippen molar-refractivity contribution < 1.29 is 4.74 Å². The maximum absolute atomic E-state index is 5.74. The predicted molar refractivity (Wildman–Crippen MR) is 87.5 cm³/mol. The summed E-state index contributed by atoms with van der Waals surface area (Å²) in [6.45, 7) is 9.72. The molecule has 1 atom stereocenters. The van der Waals surface area contributed by atoms with Gasteiger partial charge >= 0.3 is 0 Å². The van der Waals surface area contributed by atoms with Gasteiger partial charge in [-0.05, 0) is 38.0 Å². The second-order valence-corrected chi connectivity index (χ2v) is 6.08. The number of para-hydroxylation sites is 1. The van der Waals surface area contributed by atoms with Crippen LogP contribution in [0.3, 0.4) is 0 Å². The van der Waals surface area contributed by atoms with E-state index >= 15 is 0 Å². The fraction of sp³-hybridized carbons (Fsp3) is 0.647. The molecule has 2 rings (SSSR count). The molecule has 1 unspecified atom stereocenters. The van der Waals surface area contributed by atoms with E-state index in [9.17, 15) is 0 Å². The molecule has 0 spiro atoms. The molecule has 0 bridgehead atoms. The summed E-state index contributed by atoms with van der Waals surface area (Å²) in [5.74, 6) is 1.58. The Balaban J connectivity index is 1.88. The summed E-state index contributed by atoms with van der Waals surface area (Å²) >= 11 is 0. The number of hydrogen-bond donors (Lipinski definition) is 1. The highest BCUT2D eigenvalue weighted by atomic mass is 16.5. The van der Waals surface area contributed by atoms with Crippen molar-refractivity contribution in [2.24, 2.45) is 11.7 Å². The van der Waals surface area contributed by atoms with Gasteiger partial charge in [-0.25, -0.2) is 0 Å². The number of methoxy groups -OCH3 is 1. The Kier molecular flexibility index (Phi) is 6.49. The molecule has 1 fully saturated rings. The minimum Gasteiger partial charge on any atom is -0.496 e. The van der Waals surface area contributed by atoms with E-state index in [1.807, 2.05) is 12.1 Å². The lowest BCUT2D eigenvalue weighted by molar-refractivity contribution is 0.230. The lowest BCUT2D eigenvalue weighted by Gasteiger charge is -2.24. The summed E-state index contributed by atoms with van der Waals surface area (Å²) < 4.78 is 5.46. The Morgan fingerprint density at radius 1 is 1.14 bits per heavy atom. The Morgan fingerprint density at radius 3 is 2.62 bits per heavy atom. The van der Waals surface area contributed by atoms with Gasteiger partial charge in [-0.15, -0.1) is 0 Å². The molecule has 0 aliphatic carbocycles. The molecule has 1 aromatic carbocycles. The van der Waals surface area contributed by atoms with Crippen molar-refractivity contribution in [3.05, 3.63) is 29.8 Å². The van der Waals surface area contributed by atoms with Gasteiger partial charge in [0.15, 0.2) is 0 Å². The second-order valence-electron chi connectivity index (χ2n) is 6.08. The SMILES string of the molecule is COc1ccccc1CN1CCCN(CC(C)CN)CC1. The summed E-state index contributed by atoms with van der Waals surface area (Å²) in [6.07, 6.45) is 1.23. The molecule has 4 heteroatoms. The summed E-state index contributed by atoms with van der Waals surface area (Å²) in [5, 5.41) is 0. The van der Waals surface area contributed by atoms with Gasteiger partial charge in [0.1, 0.15) is 5.75 Å². The molecule has 1 aliphatic heterocycles. The molecule has 0 aromatic heterocycles. The van der Waals surface area contributed by atoms with E-state index in [0.717, 1.165) is 45.0 Å². The fourth-order valence-corrected chi connectivity index (χ4v) is 2.95. The lowest BCUT2D eigenvalue weighted by atomic mass is 10.1. The molecule has 0 saturated carbocycles. The van der Waals surface area contributed by atoms with Crippen molar-refractivity contribution in [2.45, 2.75) is 19.9 Å². The topological polar surface area (TPSA) is 41.7 Å². The van der Waals surface area contributed by atoms with Gasteiger partial charge in [0.2, 0.25) is 0 Å². The predicted octanol–water partition coefficient (Wildman–Crippen LogP) is 1.80. The quantitative estimate of drug-likeness (QED) is 0.868. The standard InChI is InChI=1S/C17H29N3O/c1-15(12-18)13-19-8-5-9-20(11-10-19)14-16-6-3-4-7-17(16)21-2/h3-4,6-7,15H,5,8-14,18H2,1-2H3. The van der Waals surface area contributed by atoms with Gasteiger partial charge in [0.25, 0.3) is 0 Å². The van der Waals surface area contributed by atoms with Crippen molar-refractivity contribution in [3.8, 4) is 5.75 Å². The maximum atomic E-state index is 5.74. The third-order valence-corrected chi connectivity index (χ3v) is 4.24. The molecular formula is C17H29N3O. The fourth-order valence-electron chi connectivity index (χ4n) is 2.95. The summed E-state index contributed by atoms with van der Waals surface area (Å²) in [5.41, 5.74) is 7.02. The molecule has 118 valence electrons. The zero-order valence-corrected chi connectivity index (χ0v) is 13.4. The van der Waals surface area contributed by atoms with Crippen LogP contribution in [0.1, 0.15) is 18.9 Å². The van der Waals surface area contributed by atoms with E-state index in [1.54, 1.807) is 7.11 Å². The average molecular weight is 291 g/mol. The molecule has 1 aliphatic rings. The maximum Gasteiger partial charge on any atom is 0.123 e. The van der Waals surface area contributed by atoms with E-state index in [-0.39, 0.29) is 0 Å². The largest absolute Gasteiger partial charge is 0.496 e. The summed E-state index contributed by atoms with van der Waals surface area (Å²) in [6, 6.07) is 8.33. The Labute approximate surface area is 128 Å². The van der Waals surface area contributed by atoms with E-state index in [1.165, 1.54) is 18.5 Å². The first-order valence-corrected chi connectivity index (χ1v) is 7.99. The van der Waals surface area contributed by atoms with Crippen LogP contribution in [0.4, 0.5) is 0 Å². The van der Waals surface area contributed by atoms with Gasteiger partial charge in [0, 0.05) is 31.7 Å². The van der Waals surface area contributed by atoms with Crippen LogP contribution in [-0.2, 0) is 6.54 Å². The normalized spacial score (nSPS) is 19.2. The van der Waals surface area contributed by atoms with E-state index in [2.05, 4.69) is 28.9 Å². The Hall–Kier alpha value is -1.10. The molecule has 1 saturated heterocycles. The molecule has 1 heterocycles. The number of ether oxygens (including phenoxy) is 1. The first-order chi connectivity index (χ1) is 10.2. The Morgan fingerprint density at radius 2 is 1.86 bits per heavy atom. The minimum absolute atomic E-state index is 0.589. The number of benzene rings is 1. The van der Waals surface area contributed by atoms with Crippen molar-refractivity contribution in [1.82, 2.24) is 9.80 Å². The monoisotopic (exact) mass is 291 g/mol. The first kappa shape index (κ1) is 16.3. The van der Waals surface area contributed by atoms with Crippen LogP contribution >= 0.6 is 0 Å². The van der Waals surface area contributed by atoms with Crippen LogP contribution in [0.5, 0.6) is 5.75 Å². The number of nitrogens with zero attached hydrogens (tertiary/aromatic N) is 2. The number of nitrogens with two attached hydrogens (primary N) is 1. The van der Waals surface area contributed by atoms with Gasteiger partial charge in [-0.1, -0.05) is 25.1 Å². The van der Waals surface area contributed by atoms with Crippen molar-refractivity contribution >= 4 is 0 Å². The average Bonchev–Trinajstić information content (AvgIpc) is 2.73. The molecule has 1 aromatic rings. The molecular weight excluding hydrogens is 262 g/mol. The molecule has 21 heavy (non-hydrogen) atoms. The first-order valence-electron chi connectivity index (χ1n) is 7.99. The third kappa shape index (κ3) is 4.99. The lowest BCUT2D eigenvalue weighted by Crippen LogP contribution is -2.35. The summed E-state index contributed by atoms with van der Waals surface area (Å²) in [4.78, 5) is 5.09. The molecule has 0 amide bonds. The smallest absolute Gasteiger partial charge is 0.123 e. The highest BCUT2D eigenvalue weighted by Gasteiger charge is 2.17. The van der Waals surface area contributed by atoms with Crippen LogP contribution in [0.15, 0.2) is 24.3 Å². The van der Waals surface area contributed by atoms with Crippen LogP contribution < -0.4 is 10.5 Å². The van der Waals surface area contributed by atoms with Gasteiger partial charge in [-0.3, -0.25) is 4.90 Å². The van der Waals surface area contributed by atoms with E-state index in [4.69, 9.17) is 10.5 Å². The zero-order chi connectivity index (χ0) is 15.1. The van der Waals surface area contributed by atoms with Crippen molar-refractivity contribution in [3.63, 3.8) is 0 Å². The highest BCUT2D eigenvalue weighted by molar-refractivity contribution is 5.33. The van der Waals surface area contributed by atoms with Crippen molar-refractivity contribution in [1.29, 1.82) is 0 Å². The van der Waals surface area contributed by atoms with Crippen LogP contribution in [0.2, 0.25) is 0 Å². The molecule has 2 N–H and O–H groups in total. The molecule has 0 radical (unpaired) electrons. The van der Waals surface area contributed by atoms with Gasteiger partial charge < -0.3 is 15.4 Å². The van der Waals surface area contributed by atoms with E-state index in [0.29, 0.717) is 5.92 Å². The van der Waals surface area contributed by atoms with Crippen LogP contribution in [0.25, 0.3) is 0 Å². The van der Waals surface area contributed by atoms with Gasteiger partial charge in [-0.2, -0.15) is 0 Å². The number of hydrogen-bond acceptors (Lipinski definition) is 4. The van der Waals surface area contributed by atoms with Crippen LogP contribution in [0, 0.1) is 5.92 Å². The van der Waals surface area contributed by atoms with Crippen LogP contribution in [-0.4, -0.2) is 56.2 Å². The summed E-state index contributed by atoms with van der Waals surface area (Å²) in [7, 11) is 1.75. The third-order valence-electron chi connectivity index (χ3n) is 4.24. The number of rotatable bonds is 6. The van der Waals surface area contributed by atoms with E-state index < -0.39 is 0 Å². The second kappa shape index (κ2) is 8.37. The Bertz CT molecular complexity index is 424. The zero-order valence-electron chi connectivity index (χ0n) is 13.4. The highest BCUT2D eigenvalue weighted by Crippen LogP contribution is 2.20. The molecule has 4 nitrogen and oxygen atoms in total. The minimum atomic E-state index is 0.589. The van der Waals surface area contributed by atoms with Gasteiger partial charge in [0.05, 0.1) is 7.11 Å².